The molecule has 0 heterocycles. The Morgan fingerprint density at radius 2 is 1.19 bits per heavy atom. The average Bonchev–Trinajstić information content (AvgIpc) is 2.55. The van der Waals surface area contributed by atoms with Crippen LogP contribution in [0.3, 0.4) is 0 Å². The van der Waals surface area contributed by atoms with E-state index in [0.29, 0.717) is 13.2 Å². The van der Waals surface area contributed by atoms with Gasteiger partial charge in [-0.05, 0) is 35.2 Å². The second-order valence-corrected chi connectivity index (χ2v) is 6.04. The van der Waals surface area contributed by atoms with Crippen molar-refractivity contribution in [1.29, 1.82) is 0 Å². The van der Waals surface area contributed by atoms with Crippen LogP contribution in [0.1, 0.15) is 67.2 Å². The molecule has 0 spiro atoms. The van der Waals surface area contributed by atoms with Crippen molar-refractivity contribution in [3.05, 3.63) is 65.2 Å². The Morgan fingerprint density at radius 1 is 0.731 bits per heavy atom. The summed E-state index contributed by atoms with van der Waals surface area (Å²) in [5, 5.41) is 0. The molecule has 26 heavy (non-hydrogen) atoms. The van der Waals surface area contributed by atoms with Gasteiger partial charge < -0.3 is 9.47 Å². The van der Waals surface area contributed by atoms with Crippen LogP contribution in [0.15, 0.2) is 48.5 Å². The Bertz CT molecular complexity index is 568. The highest BCUT2D eigenvalue weighted by atomic mass is 16.5. The number of benzene rings is 2. The Morgan fingerprint density at radius 3 is 1.62 bits per heavy atom. The van der Waals surface area contributed by atoms with Crippen LogP contribution in [0.5, 0.6) is 5.75 Å². The number of hydrogen-bond donors (Lipinski definition) is 0. The van der Waals surface area contributed by atoms with Crippen molar-refractivity contribution < 1.29 is 9.47 Å². The standard InChI is InChI=1S/C20H26O2.4CH4/c1-5-16-6-8-17(9-7-16)20(2,3)18-10-12-19(13-11-18)22-15-14-21-4;;;;/h6-13H,5,14-15H2,1-4H3;4*1H4. The number of aryl methyl sites for hydroxylation is 1. The Labute approximate surface area is 163 Å². The van der Waals surface area contributed by atoms with E-state index in [9.17, 15) is 0 Å². The average molecular weight is 363 g/mol. The predicted molar refractivity (Wildman–Crippen MR) is 119 cm³/mol. The second-order valence-electron chi connectivity index (χ2n) is 6.04. The highest BCUT2D eigenvalue weighted by Gasteiger charge is 2.22. The van der Waals surface area contributed by atoms with Crippen molar-refractivity contribution in [3.8, 4) is 5.75 Å². The van der Waals surface area contributed by atoms with Crippen LogP contribution < -0.4 is 4.74 Å². The second kappa shape index (κ2) is 13.4. The van der Waals surface area contributed by atoms with E-state index in [-0.39, 0.29) is 35.1 Å². The van der Waals surface area contributed by atoms with Gasteiger partial charge in [-0.2, -0.15) is 0 Å². The van der Waals surface area contributed by atoms with Crippen LogP contribution in [-0.2, 0) is 16.6 Å². The maximum atomic E-state index is 5.63. The smallest absolute Gasteiger partial charge is 0.119 e. The first-order valence-electron chi connectivity index (χ1n) is 7.89. The molecule has 0 aliphatic rings. The number of methoxy groups -OCH3 is 1. The van der Waals surface area contributed by atoms with Gasteiger partial charge in [0.1, 0.15) is 12.4 Å². The fourth-order valence-electron chi connectivity index (χ4n) is 2.53. The van der Waals surface area contributed by atoms with Gasteiger partial charge in [0.05, 0.1) is 6.61 Å². The van der Waals surface area contributed by atoms with Crippen molar-refractivity contribution in [3.63, 3.8) is 0 Å². The van der Waals surface area contributed by atoms with Gasteiger partial charge in [-0.25, -0.2) is 0 Å². The van der Waals surface area contributed by atoms with Crippen molar-refractivity contribution in [2.75, 3.05) is 20.3 Å². The maximum Gasteiger partial charge on any atom is 0.119 e. The SMILES string of the molecule is C.C.C.C.CCc1ccc(C(C)(C)c2ccc(OCCOC)cc2)cc1. The van der Waals surface area contributed by atoms with Gasteiger partial charge in [0.25, 0.3) is 0 Å². The molecule has 0 fully saturated rings. The molecule has 0 bridgehead atoms. The molecule has 2 rings (SSSR count). The number of hydrogen-bond acceptors (Lipinski definition) is 2. The first-order chi connectivity index (χ1) is 10.6. The summed E-state index contributed by atoms with van der Waals surface area (Å²) in [6, 6.07) is 17.3. The monoisotopic (exact) mass is 362 g/mol. The van der Waals surface area contributed by atoms with Crippen LogP contribution in [0.4, 0.5) is 0 Å². The summed E-state index contributed by atoms with van der Waals surface area (Å²) in [6.07, 6.45) is 1.08. The molecule has 0 saturated heterocycles. The predicted octanol–water partition coefficient (Wildman–Crippen LogP) is 7.14. The minimum absolute atomic E-state index is 0. The Hall–Kier alpha value is -1.80. The molecule has 0 aliphatic heterocycles. The molecule has 2 heteroatoms. The third-order valence-corrected chi connectivity index (χ3v) is 4.22. The summed E-state index contributed by atoms with van der Waals surface area (Å²) in [5.74, 6) is 0.887. The molecule has 0 atom stereocenters. The van der Waals surface area contributed by atoms with Crippen LogP contribution in [-0.4, -0.2) is 20.3 Å². The minimum atomic E-state index is -0.0165. The lowest BCUT2D eigenvalue weighted by atomic mass is 9.78. The van der Waals surface area contributed by atoms with Crippen molar-refractivity contribution in [2.24, 2.45) is 0 Å². The molecule has 0 aliphatic carbocycles. The summed E-state index contributed by atoms with van der Waals surface area (Å²) in [7, 11) is 1.68. The molecular weight excluding hydrogens is 320 g/mol. The largest absolute Gasteiger partial charge is 0.491 e. The first-order valence-corrected chi connectivity index (χ1v) is 7.89. The quantitative estimate of drug-likeness (QED) is 0.487. The Kier molecular flexibility index (Phi) is 14.9. The van der Waals surface area contributed by atoms with Gasteiger partial charge in [0.2, 0.25) is 0 Å². The molecule has 150 valence electrons. The fraction of sp³-hybridized carbons (Fsp3) is 0.500. The van der Waals surface area contributed by atoms with Crippen LogP contribution in [0.2, 0.25) is 0 Å². The van der Waals surface area contributed by atoms with Gasteiger partial charge >= 0.3 is 0 Å². The Balaban J connectivity index is -0.00000132. The maximum absolute atomic E-state index is 5.63. The van der Waals surface area contributed by atoms with E-state index in [1.165, 1.54) is 16.7 Å². The molecular formula is C24H42O2. The van der Waals surface area contributed by atoms with Crippen molar-refractivity contribution in [2.45, 2.75) is 62.3 Å². The van der Waals surface area contributed by atoms with E-state index in [2.05, 4.69) is 57.2 Å². The molecule has 0 unspecified atom stereocenters. The molecule has 0 radical (unpaired) electrons. The van der Waals surface area contributed by atoms with E-state index in [4.69, 9.17) is 9.47 Å². The van der Waals surface area contributed by atoms with Crippen LogP contribution in [0, 0.1) is 0 Å². The highest BCUT2D eigenvalue weighted by Crippen LogP contribution is 2.32. The molecule has 0 N–H and O–H groups in total. The summed E-state index contributed by atoms with van der Waals surface area (Å²) in [5.41, 5.74) is 3.98. The van der Waals surface area contributed by atoms with E-state index in [1.807, 2.05) is 12.1 Å². The first kappa shape index (κ1) is 29.0. The molecule has 2 aromatic rings. The summed E-state index contributed by atoms with van der Waals surface area (Å²) in [6.45, 7) is 7.89. The summed E-state index contributed by atoms with van der Waals surface area (Å²) < 4.78 is 10.6. The van der Waals surface area contributed by atoms with Gasteiger partial charge in [-0.1, -0.05) is 86.9 Å². The number of rotatable bonds is 7. The lowest BCUT2D eigenvalue weighted by Gasteiger charge is -2.26. The zero-order chi connectivity index (χ0) is 16.0. The topological polar surface area (TPSA) is 18.5 Å². The zero-order valence-electron chi connectivity index (χ0n) is 14.1. The summed E-state index contributed by atoms with van der Waals surface area (Å²) >= 11 is 0. The minimum Gasteiger partial charge on any atom is -0.491 e. The molecule has 2 aromatic carbocycles. The normalized spacial score (nSPS) is 9.69. The molecule has 0 aromatic heterocycles. The molecule has 0 amide bonds. The third-order valence-electron chi connectivity index (χ3n) is 4.22. The van der Waals surface area contributed by atoms with E-state index in [0.717, 1.165) is 12.2 Å². The van der Waals surface area contributed by atoms with Gasteiger partial charge in [0, 0.05) is 12.5 Å². The van der Waals surface area contributed by atoms with E-state index in [1.54, 1.807) is 7.11 Å². The van der Waals surface area contributed by atoms with Crippen LogP contribution in [0.25, 0.3) is 0 Å². The van der Waals surface area contributed by atoms with Crippen molar-refractivity contribution in [1.82, 2.24) is 0 Å². The third kappa shape index (κ3) is 7.21. The van der Waals surface area contributed by atoms with E-state index >= 15 is 0 Å². The number of ether oxygens (including phenoxy) is 2. The lowest BCUT2D eigenvalue weighted by molar-refractivity contribution is 0.146. The highest BCUT2D eigenvalue weighted by molar-refractivity contribution is 5.40. The molecule has 0 saturated carbocycles. The van der Waals surface area contributed by atoms with Gasteiger partial charge in [-0.15, -0.1) is 0 Å². The fourth-order valence-corrected chi connectivity index (χ4v) is 2.53. The summed E-state index contributed by atoms with van der Waals surface area (Å²) in [4.78, 5) is 0. The zero-order valence-corrected chi connectivity index (χ0v) is 14.1. The van der Waals surface area contributed by atoms with Crippen molar-refractivity contribution >= 4 is 0 Å². The van der Waals surface area contributed by atoms with Gasteiger partial charge in [-0.3, -0.25) is 0 Å². The van der Waals surface area contributed by atoms with Gasteiger partial charge in [0.15, 0.2) is 0 Å². The lowest BCUT2D eigenvalue weighted by Crippen LogP contribution is -2.18. The van der Waals surface area contributed by atoms with E-state index < -0.39 is 0 Å². The molecule has 2 nitrogen and oxygen atoms in total. The van der Waals surface area contributed by atoms with Crippen LogP contribution >= 0.6 is 0 Å².